The largest absolute Gasteiger partial charge is 0.467 e. The number of rotatable bonds is 5. The molecule has 0 spiro atoms. The summed E-state index contributed by atoms with van der Waals surface area (Å²) in [5, 5.41) is 21.0. The standard InChI is InChI=1S/C20H15ClN6O2S/c21-14-7-5-13(6-8-14)15-11-16(17-3-1-9-29-17)27(23-15)19(28)12-26-24-20(22-25-26)18-4-2-10-30-18/h1-10,16H,11-12H2/t16-/m1/s1. The molecule has 1 aromatic carbocycles. The summed E-state index contributed by atoms with van der Waals surface area (Å²) in [6, 6.07) is 14.5. The predicted molar refractivity (Wildman–Crippen MR) is 112 cm³/mol. The van der Waals surface area contributed by atoms with E-state index in [0.29, 0.717) is 23.0 Å². The summed E-state index contributed by atoms with van der Waals surface area (Å²) in [5.74, 6) is 0.907. The topological polar surface area (TPSA) is 89.4 Å². The average Bonchev–Trinajstić information content (AvgIpc) is 3.55. The van der Waals surface area contributed by atoms with E-state index in [-0.39, 0.29) is 18.5 Å². The van der Waals surface area contributed by atoms with Crippen LogP contribution in [0.4, 0.5) is 0 Å². The van der Waals surface area contributed by atoms with E-state index in [4.69, 9.17) is 16.0 Å². The summed E-state index contributed by atoms with van der Waals surface area (Å²) in [6.45, 7) is -0.0764. The number of benzene rings is 1. The van der Waals surface area contributed by atoms with Crippen LogP contribution in [-0.2, 0) is 11.3 Å². The number of carbonyl (C=O) groups is 1. The van der Waals surface area contributed by atoms with Crippen molar-refractivity contribution in [3.8, 4) is 10.7 Å². The first kappa shape index (κ1) is 18.7. The van der Waals surface area contributed by atoms with Gasteiger partial charge in [-0.3, -0.25) is 4.79 Å². The molecule has 4 aromatic rings. The zero-order valence-electron chi connectivity index (χ0n) is 15.6. The first-order chi connectivity index (χ1) is 14.7. The number of furan rings is 1. The van der Waals surface area contributed by atoms with Crippen molar-refractivity contribution in [1.29, 1.82) is 0 Å². The first-order valence-electron chi connectivity index (χ1n) is 9.18. The molecule has 5 rings (SSSR count). The Morgan fingerprint density at radius 1 is 1.20 bits per heavy atom. The quantitative estimate of drug-likeness (QED) is 0.469. The van der Waals surface area contributed by atoms with Gasteiger partial charge in [0.25, 0.3) is 5.91 Å². The minimum atomic E-state index is -0.335. The molecule has 10 heteroatoms. The van der Waals surface area contributed by atoms with Gasteiger partial charge in [0.1, 0.15) is 18.3 Å². The maximum Gasteiger partial charge on any atom is 0.267 e. The molecular weight excluding hydrogens is 424 g/mol. The number of hydrazone groups is 1. The van der Waals surface area contributed by atoms with Gasteiger partial charge in [0.15, 0.2) is 0 Å². The molecule has 0 aliphatic carbocycles. The second-order valence-corrected chi connectivity index (χ2v) is 8.03. The van der Waals surface area contributed by atoms with E-state index < -0.39 is 0 Å². The Morgan fingerprint density at radius 3 is 2.80 bits per heavy atom. The van der Waals surface area contributed by atoms with Crippen LogP contribution in [-0.4, -0.2) is 36.8 Å². The van der Waals surface area contributed by atoms with Crippen LogP contribution in [0.3, 0.4) is 0 Å². The minimum Gasteiger partial charge on any atom is -0.467 e. The van der Waals surface area contributed by atoms with Gasteiger partial charge in [0, 0.05) is 11.4 Å². The van der Waals surface area contributed by atoms with Crippen molar-refractivity contribution in [2.45, 2.75) is 19.0 Å². The molecule has 150 valence electrons. The highest BCUT2D eigenvalue weighted by Crippen LogP contribution is 2.33. The van der Waals surface area contributed by atoms with E-state index in [9.17, 15) is 4.79 Å². The lowest BCUT2D eigenvalue weighted by Gasteiger charge is -2.19. The molecule has 0 radical (unpaired) electrons. The van der Waals surface area contributed by atoms with Gasteiger partial charge >= 0.3 is 0 Å². The molecular formula is C20H15ClN6O2S. The number of hydrogen-bond donors (Lipinski definition) is 0. The van der Waals surface area contributed by atoms with Crippen LogP contribution in [0.5, 0.6) is 0 Å². The first-order valence-corrected chi connectivity index (χ1v) is 10.4. The molecule has 0 N–H and O–H groups in total. The number of aromatic nitrogens is 4. The molecule has 0 fully saturated rings. The molecule has 0 unspecified atom stereocenters. The monoisotopic (exact) mass is 438 g/mol. The van der Waals surface area contributed by atoms with Crippen LogP contribution >= 0.6 is 22.9 Å². The molecule has 30 heavy (non-hydrogen) atoms. The smallest absolute Gasteiger partial charge is 0.267 e. The summed E-state index contributed by atoms with van der Waals surface area (Å²) in [4.78, 5) is 15.3. The molecule has 1 amide bonds. The fourth-order valence-electron chi connectivity index (χ4n) is 3.27. The Bertz CT molecular complexity index is 1180. The SMILES string of the molecule is O=C(Cn1nnc(-c2cccs2)n1)N1N=C(c2ccc(Cl)cc2)C[C@@H]1c1ccco1. The summed E-state index contributed by atoms with van der Waals surface area (Å²) in [6.07, 6.45) is 2.12. The third kappa shape index (κ3) is 3.64. The lowest BCUT2D eigenvalue weighted by Crippen LogP contribution is -2.31. The number of thiophene rings is 1. The Balaban J connectivity index is 1.40. The molecule has 1 aliphatic heterocycles. The fourth-order valence-corrected chi connectivity index (χ4v) is 4.04. The number of nitrogens with zero attached hydrogens (tertiary/aromatic N) is 6. The Hall–Kier alpha value is -3.30. The van der Waals surface area contributed by atoms with Crippen molar-refractivity contribution in [3.63, 3.8) is 0 Å². The van der Waals surface area contributed by atoms with Gasteiger partial charge in [0.05, 0.1) is 16.9 Å². The third-order valence-electron chi connectivity index (χ3n) is 4.69. The van der Waals surface area contributed by atoms with Crippen LogP contribution in [0.25, 0.3) is 10.7 Å². The number of hydrogen-bond acceptors (Lipinski definition) is 7. The van der Waals surface area contributed by atoms with Crippen molar-refractivity contribution in [1.82, 2.24) is 25.2 Å². The zero-order chi connectivity index (χ0) is 20.5. The number of halogens is 1. The van der Waals surface area contributed by atoms with Crippen LogP contribution in [0.1, 0.15) is 23.8 Å². The highest BCUT2D eigenvalue weighted by molar-refractivity contribution is 7.13. The Labute approximate surface area is 180 Å². The van der Waals surface area contributed by atoms with E-state index in [1.807, 2.05) is 35.7 Å². The maximum absolute atomic E-state index is 13.1. The Morgan fingerprint density at radius 2 is 2.07 bits per heavy atom. The average molecular weight is 439 g/mol. The van der Waals surface area contributed by atoms with Gasteiger partial charge in [-0.2, -0.15) is 9.90 Å². The number of tetrazole rings is 1. The van der Waals surface area contributed by atoms with Gasteiger partial charge in [-0.25, -0.2) is 5.01 Å². The Kier molecular flexibility index (Phi) is 4.89. The van der Waals surface area contributed by atoms with E-state index >= 15 is 0 Å². The number of carbonyl (C=O) groups excluding carboxylic acids is 1. The molecule has 0 saturated carbocycles. The van der Waals surface area contributed by atoms with Gasteiger partial charge in [-0.15, -0.1) is 21.5 Å². The second kappa shape index (κ2) is 7.85. The summed E-state index contributed by atoms with van der Waals surface area (Å²) in [5.41, 5.74) is 1.69. The number of amides is 1. The van der Waals surface area contributed by atoms with Gasteiger partial charge < -0.3 is 4.42 Å². The van der Waals surface area contributed by atoms with Gasteiger partial charge in [-0.1, -0.05) is 29.8 Å². The third-order valence-corrected chi connectivity index (χ3v) is 5.80. The van der Waals surface area contributed by atoms with E-state index in [1.165, 1.54) is 21.1 Å². The van der Waals surface area contributed by atoms with E-state index in [0.717, 1.165) is 16.2 Å². The van der Waals surface area contributed by atoms with Crippen LogP contribution in [0.15, 0.2) is 69.7 Å². The lowest BCUT2D eigenvalue weighted by atomic mass is 10.0. The van der Waals surface area contributed by atoms with Crippen LogP contribution < -0.4 is 0 Å². The van der Waals surface area contributed by atoms with Crippen LogP contribution in [0, 0.1) is 0 Å². The molecule has 0 bridgehead atoms. The van der Waals surface area contributed by atoms with Crippen molar-refractivity contribution in [2.24, 2.45) is 5.10 Å². The van der Waals surface area contributed by atoms with Crippen molar-refractivity contribution in [2.75, 3.05) is 0 Å². The summed E-state index contributed by atoms with van der Waals surface area (Å²) >= 11 is 7.51. The second-order valence-electron chi connectivity index (χ2n) is 6.65. The fraction of sp³-hybridized carbons (Fsp3) is 0.150. The van der Waals surface area contributed by atoms with Gasteiger partial charge in [-0.05, 0) is 46.5 Å². The normalized spacial score (nSPS) is 16.1. The van der Waals surface area contributed by atoms with E-state index in [1.54, 1.807) is 24.5 Å². The minimum absolute atomic E-state index is 0.0764. The van der Waals surface area contributed by atoms with E-state index in [2.05, 4.69) is 20.5 Å². The van der Waals surface area contributed by atoms with Crippen molar-refractivity contribution >= 4 is 34.6 Å². The molecule has 0 saturated heterocycles. The van der Waals surface area contributed by atoms with Crippen molar-refractivity contribution in [3.05, 3.63) is 76.5 Å². The highest BCUT2D eigenvalue weighted by Gasteiger charge is 2.35. The molecule has 1 atom stereocenters. The molecule has 4 heterocycles. The molecule has 3 aromatic heterocycles. The molecule has 1 aliphatic rings. The summed E-state index contributed by atoms with van der Waals surface area (Å²) < 4.78 is 5.57. The zero-order valence-corrected chi connectivity index (χ0v) is 17.1. The lowest BCUT2D eigenvalue weighted by molar-refractivity contribution is -0.134. The maximum atomic E-state index is 13.1. The molecule has 8 nitrogen and oxygen atoms in total. The van der Waals surface area contributed by atoms with Crippen molar-refractivity contribution < 1.29 is 9.21 Å². The summed E-state index contributed by atoms with van der Waals surface area (Å²) in [7, 11) is 0. The van der Waals surface area contributed by atoms with Crippen LogP contribution in [0.2, 0.25) is 5.02 Å². The van der Waals surface area contributed by atoms with Gasteiger partial charge in [0.2, 0.25) is 5.82 Å². The highest BCUT2D eigenvalue weighted by atomic mass is 35.5. The predicted octanol–water partition coefficient (Wildman–Crippen LogP) is 4.03.